The molecule has 0 saturated heterocycles. The summed E-state index contributed by atoms with van der Waals surface area (Å²) >= 11 is 3.19. The van der Waals surface area contributed by atoms with Gasteiger partial charge in [0.1, 0.15) is 5.82 Å². The van der Waals surface area contributed by atoms with E-state index in [0.717, 1.165) is 23.9 Å². The number of carbonyl (C=O) groups is 2. The second-order valence-corrected chi connectivity index (χ2v) is 6.58. The molecule has 1 aromatic heterocycles. The topological polar surface area (TPSA) is 68.3 Å². The molecular weight excluding hydrogens is 403 g/mol. The molecule has 2 rings (SSSR count). The predicted molar refractivity (Wildman–Crippen MR) is 99.3 cm³/mol. The molecule has 0 aliphatic carbocycles. The van der Waals surface area contributed by atoms with Gasteiger partial charge in [-0.3, -0.25) is 14.6 Å². The highest BCUT2D eigenvalue weighted by molar-refractivity contribution is 9.10. The van der Waals surface area contributed by atoms with Gasteiger partial charge in [0.2, 0.25) is 0 Å². The normalized spacial score (nSPS) is 10.4. The van der Waals surface area contributed by atoms with Gasteiger partial charge in [-0.05, 0) is 66.0 Å². The number of nitrogens with one attached hydrogen (secondary N) is 1. The third kappa shape index (κ3) is 6.55. The number of esters is 1. The van der Waals surface area contributed by atoms with Crippen molar-refractivity contribution in [2.24, 2.45) is 0 Å². The summed E-state index contributed by atoms with van der Waals surface area (Å²) in [7, 11) is 0. The second kappa shape index (κ2) is 10.0. The fourth-order valence-corrected chi connectivity index (χ4v) is 2.72. The van der Waals surface area contributed by atoms with E-state index in [4.69, 9.17) is 4.74 Å². The van der Waals surface area contributed by atoms with E-state index < -0.39 is 11.7 Å². The number of hydrogen-bond acceptors (Lipinski definition) is 4. The fourth-order valence-electron chi connectivity index (χ4n) is 2.30. The Labute approximate surface area is 160 Å². The quantitative estimate of drug-likeness (QED) is 0.521. The second-order valence-electron chi connectivity index (χ2n) is 5.72. The standard InChI is InChI=1S/C19H20BrFN2O3/c1-13-4-2-5-15(23-13)6-3-11-26-18(24)9-10-22-19(25)16-12-14(21)7-8-17(16)20/h2,4-5,7-8,12H,3,6,9-11H2,1H3,(H,22,25). The van der Waals surface area contributed by atoms with Crippen molar-refractivity contribution in [1.29, 1.82) is 0 Å². The highest BCUT2D eigenvalue weighted by Crippen LogP contribution is 2.17. The Bertz CT molecular complexity index is 783. The van der Waals surface area contributed by atoms with Crippen molar-refractivity contribution in [1.82, 2.24) is 10.3 Å². The summed E-state index contributed by atoms with van der Waals surface area (Å²) in [6, 6.07) is 9.67. The van der Waals surface area contributed by atoms with Crippen LogP contribution in [0.4, 0.5) is 4.39 Å². The lowest BCUT2D eigenvalue weighted by Gasteiger charge is -2.08. The Morgan fingerprint density at radius 2 is 2.08 bits per heavy atom. The van der Waals surface area contributed by atoms with Gasteiger partial charge in [-0.2, -0.15) is 0 Å². The molecule has 0 radical (unpaired) electrons. The minimum absolute atomic E-state index is 0.0569. The van der Waals surface area contributed by atoms with E-state index >= 15 is 0 Å². The van der Waals surface area contributed by atoms with E-state index in [1.807, 2.05) is 25.1 Å². The Kier molecular flexibility index (Phi) is 7.72. The molecule has 1 amide bonds. The van der Waals surface area contributed by atoms with E-state index in [-0.39, 0.29) is 24.5 Å². The average Bonchev–Trinajstić information content (AvgIpc) is 2.61. The first kappa shape index (κ1) is 20.0. The van der Waals surface area contributed by atoms with E-state index in [9.17, 15) is 14.0 Å². The van der Waals surface area contributed by atoms with Gasteiger partial charge in [-0.15, -0.1) is 0 Å². The van der Waals surface area contributed by atoms with E-state index in [1.165, 1.54) is 12.1 Å². The number of amides is 1. The van der Waals surface area contributed by atoms with Gasteiger partial charge >= 0.3 is 5.97 Å². The van der Waals surface area contributed by atoms with E-state index in [0.29, 0.717) is 17.5 Å². The number of nitrogens with zero attached hydrogens (tertiary/aromatic N) is 1. The van der Waals surface area contributed by atoms with Crippen molar-refractivity contribution >= 4 is 27.8 Å². The van der Waals surface area contributed by atoms with Crippen LogP contribution in [0.15, 0.2) is 40.9 Å². The van der Waals surface area contributed by atoms with Crippen LogP contribution in [0.5, 0.6) is 0 Å². The first-order valence-electron chi connectivity index (χ1n) is 8.27. The number of aryl methyl sites for hydroxylation is 2. The summed E-state index contributed by atoms with van der Waals surface area (Å²) in [6.07, 6.45) is 1.48. The summed E-state index contributed by atoms with van der Waals surface area (Å²) in [6.45, 7) is 2.36. The van der Waals surface area contributed by atoms with E-state index in [2.05, 4.69) is 26.2 Å². The van der Waals surface area contributed by atoms with Gasteiger partial charge < -0.3 is 10.1 Å². The number of carbonyl (C=O) groups excluding carboxylic acids is 2. The molecule has 2 aromatic rings. The van der Waals surface area contributed by atoms with Crippen LogP contribution in [-0.2, 0) is 16.0 Å². The minimum Gasteiger partial charge on any atom is -0.466 e. The summed E-state index contributed by atoms with van der Waals surface area (Å²) in [5, 5.41) is 2.57. The highest BCUT2D eigenvalue weighted by Gasteiger charge is 2.11. The number of pyridine rings is 1. The zero-order chi connectivity index (χ0) is 18.9. The van der Waals surface area contributed by atoms with Gasteiger partial charge in [0.05, 0.1) is 18.6 Å². The molecule has 1 aromatic carbocycles. The Morgan fingerprint density at radius 3 is 2.85 bits per heavy atom. The molecule has 26 heavy (non-hydrogen) atoms. The number of rotatable bonds is 8. The van der Waals surface area contributed by atoms with Crippen LogP contribution < -0.4 is 5.32 Å². The third-order valence-electron chi connectivity index (χ3n) is 3.57. The Hall–Kier alpha value is -2.28. The number of hydrogen-bond donors (Lipinski definition) is 1. The van der Waals surface area contributed by atoms with Crippen molar-refractivity contribution in [3.05, 3.63) is 63.6 Å². The molecule has 7 heteroatoms. The molecule has 5 nitrogen and oxygen atoms in total. The zero-order valence-corrected chi connectivity index (χ0v) is 16.0. The van der Waals surface area contributed by atoms with Crippen molar-refractivity contribution in [2.75, 3.05) is 13.2 Å². The van der Waals surface area contributed by atoms with Gasteiger partial charge in [0, 0.05) is 22.4 Å². The number of aromatic nitrogens is 1. The molecular formula is C19H20BrFN2O3. The third-order valence-corrected chi connectivity index (χ3v) is 4.27. The van der Waals surface area contributed by atoms with Gasteiger partial charge in [-0.1, -0.05) is 6.07 Å². The van der Waals surface area contributed by atoms with Crippen molar-refractivity contribution < 1.29 is 18.7 Å². The van der Waals surface area contributed by atoms with Crippen molar-refractivity contribution in [2.45, 2.75) is 26.2 Å². The number of ether oxygens (including phenoxy) is 1. The van der Waals surface area contributed by atoms with Crippen LogP contribution in [0.2, 0.25) is 0 Å². The first-order chi connectivity index (χ1) is 12.5. The molecule has 0 aliphatic heterocycles. The molecule has 1 heterocycles. The maximum Gasteiger partial charge on any atom is 0.307 e. The molecule has 138 valence electrons. The zero-order valence-electron chi connectivity index (χ0n) is 14.4. The number of halogens is 2. The summed E-state index contributed by atoms with van der Waals surface area (Å²) < 4.78 is 18.8. The number of benzene rings is 1. The van der Waals surface area contributed by atoms with Crippen molar-refractivity contribution in [3.63, 3.8) is 0 Å². The van der Waals surface area contributed by atoms with Crippen LogP contribution in [0.3, 0.4) is 0 Å². The Morgan fingerprint density at radius 1 is 1.27 bits per heavy atom. The molecule has 0 aliphatic rings. The Balaban J connectivity index is 1.64. The van der Waals surface area contributed by atoms with Crippen LogP contribution in [0, 0.1) is 12.7 Å². The first-order valence-corrected chi connectivity index (χ1v) is 9.06. The largest absolute Gasteiger partial charge is 0.466 e. The van der Waals surface area contributed by atoms with Gasteiger partial charge in [0.25, 0.3) is 5.91 Å². The lowest BCUT2D eigenvalue weighted by Crippen LogP contribution is -2.27. The van der Waals surface area contributed by atoms with Crippen LogP contribution in [0.1, 0.15) is 34.6 Å². The van der Waals surface area contributed by atoms with Crippen LogP contribution in [-0.4, -0.2) is 30.0 Å². The molecule has 0 spiro atoms. The monoisotopic (exact) mass is 422 g/mol. The maximum absolute atomic E-state index is 13.2. The molecule has 0 unspecified atom stereocenters. The predicted octanol–water partition coefficient (Wildman–Crippen LogP) is 3.59. The molecule has 1 N–H and O–H groups in total. The molecule has 0 saturated carbocycles. The van der Waals surface area contributed by atoms with Crippen LogP contribution in [0.25, 0.3) is 0 Å². The SMILES string of the molecule is Cc1cccc(CCCOC(=O)CCNC(=O)c2cc(F)ccc2Br)n1. The van der Waals surface area contributed by atoms with Crippen molar-refractivity contribution in [3.8, 4) is 0 Å². The fraction of sp³-hybridized carbons (Fsp3) is 0.316. The smallest absolute Gasteiger partial charge is 0.307 e. The summed E-state index contributed by atoms with van der Waals surface area (Å²) in [5.74, 6) is -1.34. The highest BCUT2D eigenvalue weighted by atomic mass is 79.9. The minimum atomic E-state index is -0.499. The summed E-state index contributed by atoms with van der Waals surface area (Å²) in [5.41, 5.74) is 2.11. The molecule has 0 fully saturated rings. The lowest BCUT2D eigenvalue weighted by molar-refractivity contribution is -0.143. The van der Waals surface area contributed by atoms with E-state index in [1.54, 1.807) is 0 Å². The average molecular weight is 423 g/mol. The lowest BCUT2D eigenvalue weighted by atomic mass is 10.2. The van der Waals surface area contributed by atoms with Gasteiger partial charge in [-0.25, -0.2) is 4.39 Å². The molecule has 0 atom stereocenters. The summed E-state index contributed by atoms with van der Waals surface area (Å²) in [4.78, 5) is 28.0. The molecule has 0 bridgehead atoms. The van der Waals surface area contributed by atoms with Gasteiger partial charge in [0.15, 0.2) is 0 Å². The van der Waals surface area contributed by atoms with Crippen LogP contribution >= 0.6 is 15.9 Å². The maximum atomic E-state index is 13.2.